The average Bonchev–Trinajstić information content (AvgIpc) is 2.83. The molecule has 1 aliphatic carbocycles. The maximum atomic E-state index is 12.5. The average molecular weight is 252 g/mol. The van der Waals surface area contributed by atoms with E-state index in [1.165, 1.54) is 44.1 Å². The van der Waals surface area contributed by atoms with Gasteiger partial charge in [0.2, 0.25) is 0 Å². The summed E-state index contributed by atoms with van der Waals surface area (Å²) in [5.74, 6) is 2.37. The molecule has 1 heteroatoms. The highest BCUT2D eigenvalue weighted by Gasteiger charge is 2.25. The van der Waals surface area contributed by atoms with Gasteiger partial charge in [-0.05, 0) is 43.1 Å². The number of hydrogen-bond acceptors (Lipinski definition) is 0. The summed E-state index contributed by atoms with van der Waals surface area (Å²) in [5, 5.41) is 0. The van der Waals surface area contributed by atoms with Crippen molar-refractivity contribution in [2.45, 2.75) is 59.3 Å². The number of alkyl halides is 1. The van der Waals surface area contributed by atoms with Crippen LogP contribution in [0.5, 0.6) is 0 Å². The molecule has 1 fully saturated rings. The van der Waals surface area contributed by atoms with Crippen molar-refractivity contribution >= 4 is 0 Å². The summed E-state index contributed by atoms with van der Waals surface area (Å²) in [7, 11) is 0. The summed E-state index contributed by atoms with van der Waals surface area (Å²) in [6.45, 7) is 6.21. The summed E-state index contributed by atoms with van der Waals surface area (Å²) in [6.07, 6.45) is 13.9. The predicted molar refractivity (Wildman–Crippen MR) is 78.4 cm³/mol. The highest BCUT2D eigenvalue weighted by Crippen LogP contribution is 2.38. The SMILES string of the molecule is C/C=C\C(=C/CF)C(C)CCC1CCCC1CC. The van der Waals surface area contributed by atoms with E-state index in [1.54, 1.807) is 6.08 Å². The largest absolute Gasteiger partial charge is 0.247 e. The summed E-state index contributed by atoms with van der Waals surface area (Å²) in [5.41, 5.74) is 1.17. The summed E-state index contributed by atoms with van der Waals surface area (Å²) >= 11 is 0. The fourth-order valence-corrected chi connectivity index (χ4v) is 3.38. The van der Waals surface area contributed by atoms with Crippen LogP contribution in [0.2, 0.25) is 0 Å². The van der Waals surface area contributed by atoms with Gasteiger partial charge in [-0.15, -0.1) is 0 Å². The second kappa shape index (κ2) is 8.50. The molecule has 1 rings (SSSR count). The van der Waals surface area contributed by atoms with Gasteiger partial charge >= 0.3 is 0 Å². The van der Waals surface area contributed by atoms with Crippen molar-refractivity contribution < 1.29 is 4.39 Å². The standard InChI is InChI=1S/C17H29F/c1-4-7-16(12-13-18)14(3)10-11-17-9-6-8-15(17)5-2/h4,7,12,14-15,17H,5-6,8-11,13H2,1-3H3/b7-4-,16-12+. The minimum absolute atomic E-state index is 0.342. The molecule has 0 aliphatic heterocycles. The second-order valence-electron chi connectivity index (χ2n) is 5.70. The number of hydrogen-bond donors (Lipinski definition) is 0. The molecule has 0 amide bonds. The van der Waals surface area contributed by atoms with E-state index < -0.39 is 0 Å². The molecule has 0 spiro atoms. The van der Waals surface area contributed by atoms with Crippen molar-refractivity contribution in [1.82, 2.24) is 0 Å². The van der Waals surface area contributed by atoms with Gasteiger partial charge in [0.25, 0.3) is 0 Å². The highest BCUT2D eigenvalue weighted by atomic mass is 19.1. The van der Waals surface area contributed by atoms with E-state index >= 15 is 0 Å². The van der Waals surface area contributed by atoms with E-state index in [2.05, 4.69) is 19.9 Å². The van der Waals surface area contributed by atoms with Crippen LogP contribution in [0.25, 0.3) is 0 Å². The van der Waals surface area contributed by atoms with Crippen LogP contribution >= 0.6 is 0 Å². The van der Waals surface area contributed by atoms with Gasteiger partial charge in [-0.25, -0.2) is 4.39 Å². The minimum Gasteiger partial charge on any atom is -0.247 e. The molecule has 104 valence electrons. The van der Waals surface area contributed by atoms with Crippen LogP contribution in [0.3, 0.4) is 0 Å². The van der Waals surface area contributed by atoms with Crippen molar-refractivity contribution in [1.29, 1.82) is 0 Å². The van der Waals surface area contributed by atoms with E-state index in [-0.39, 0.29) is 6.67 Å². The molecule has 0 nitrogen and oxygen atoms in total. The van der Waals surface area contributed by atoms with Gasteiger partial charge in [0, 0.05) is 0 Å². The topological polar surface area (TPSA) is 0 Å². The quantitative estimate of drug-likeness (QED) is 0.510. The van der Waals surface area contributed by atoms with Crippen LogP contribution in [-0.2, 0) is 0 Å². The van der Waals surface area contributed by atoms with Gasteiger partial charge in [0.15, 0.2) is 0 Å². The van der Waals surface area contributed by atoms with Crippen LogP contribution < -0.4 is 0 Å². The Hall–Kier alpha value is -0.590. The minimum atomic E-state index is -0.342. The molecule has 0 bridgehead atoms. The maximum absolute atomic E-state index is 12.5. The number of rotatable bonds is 7. The van der Waals surface area contributed by atoms with E-state index in [0.29, 0.717) is 5.92 Å². The normalized spacial score (nSPS) is 27.0. The molecule has 3 atom stereocenters. The summed E-state index contributed by atoms with van der Waals surface area (Å²) < 4.78 is 12.5. The third-order valence-corrected chi connectivity index (χ3v) is 4.55. The third kappa shape index (κ3) is 4.59. The molecule has 18 heavy (non-hydrogen) atoms. The van der Waals surface area contributed by atoms with Gasteiger partial charge in [-0.2, -0.15) is 0 Å². The monoisotopic (exact) mass is 252 g/mol. The van der Waals surface area contributed by atoms with Gasteiger partial charge in [0.05, 0.1) is 0 Å². The molecular formula is C17H29F. The fourth-order valence-electron chi connectivity index (χ4n) is 3.38. The lowest BCUT2D eigenvalue weighted by molar-refractivity contribution is 0.333. The Morgan fingerprint density at radius 3 is 2.67 bits per heavy atom. The second-order valence-corrected chi connectivity index (χ2v) is 5.70. The number of halogens is 1. The first-order chi connectivity index (χ1) is 8.72. The smallest absolute Gasteiger partial charge is 0.108 e. The summed E-state index contributed by atoms with van der Waals surface area (Å²) in [4.78, 5) is 0. The van der Waals surface area contributed by atoms with Gasteiger partial charge in [-0.3, -0.25) is 0 Å². The number of allylic oxidation sites excluding steroid dienone is 4. The maximum Gasteiger partial charge on any atom is 0.108 e. The molecule has 1 aliphatic rings. The Bertz CT molecular complexity index is 277. The third-order valence-electron chi connectivity index (χ3n) is 4.55. The van der Waals surface area contributed by atoms with Crippen molar-refractivity contribution in [3.05, 3.63) is 23.8 Å². The lowest BCUT2D eigenvalue weighted by atomic mass is 9.85. The molecule has 0 N–H and O–H groups in total. The first-order valence-corrected chi connectivity index (χ1v) is 7.61. The molecule has 3 unspecified atom stereocenters. The Labute approximate surface area is 112 Å². The molecule has 1 saturated carbocycles. The fraction of sp³-hybridized carbons (Fsp3) is 0.765. The van der Waals surface area contributed by atoms with Crippen molar-refractivity contribution in [2.75, 3.05) is 6.67 Å². The zero-order valence-electron chi connectivity index (χ0n) is 12.3. The lowest BCUT2D eigenvalue weighted by Gasteiger charge is -2.20. The molecule has 0 radical (unpaired) electrons. The zero-order valence-corrected chi connectivity index (χ0v) is 12.3. The van der Waals surface area contributed by atoms with Gasteiger partial charge < -0.3 is 0 Å². The van der Waals surface area contributed by atoms with Crippen LogP contribution in [-0.4, -0.2) is 6.67 Å². The molecule has 0 heterocycles. The zero-order chi connectivity index (χ0) is 13.4. The van der Waals surface area contributed by atoms with Crippen LogP contribution in [0, 0.1) is 17.8 Å². The van der Waals surface area contributed by atoms with Crippen molar-refractivity contribution in [3.63, 3.8) is 0 Å². The van der Waals surface area contributed by atoms with E-state index in [9.17, 15) is 4.39 Å². The molecule has 0 aromatic carbocycles. The molecule has 0 aromatic rings. The summed E-state index contributed by atoms with van der Waals surface area (Å²) in [6, 6.07) is 0. The molecule has 0 aromatic heterocycles. The highest BCUT2D eigenvalue weighted by molar-refractivity contribution is 5.20. The van der Waals surface area contributed by atoms with Gasteiger partial charge in [-0.1, -0.05) is 57.8 Å². The Kier molecular flexibility index (Phi) is 7.31. The van der Waals surface area contributed by atoms with Crippen molar-refractivity contribution in [2.24, 2.45) is 17.8 Å². The Morgan fingerprint density at radius 2 is 2.06 bits per heavy atom. The van der Waals surface area contributed by atoms with Crippen LogP contribution in [0.1, 0.15) is 59.3 Å². The van der Waals surface area contributed by atoms with Crippen LogP contribution in [0.15, 0.2) is 23.8 Å². The van der Waals surface area contributed by atoms with E-state index in [4.69, 9.17) is 0 Å². The lowest BCUT2D eigenvalue weighted by Crippen LogP contribution is -2.09. The first-order valence-electron chi connectivity index (χ1n) is 7.61. The van der Waals surface area contributed by atoms with Crippen LogP contribution in [0.4, 0.5) is 4.39 Å². The Morgan fingerprint density at radius 1 is 1.33 bits per heavy atom. The molecular weight excluding hydrogens is 223 g/mol. The molecule has 0 saturated heterocycles. The van der Waals surface area contributed by atoms with Gasteiger partial charge in [0.1, 0.15) is 6.67 Å². The Balaban J connectivity index is 2.44. The van der Waals surface area contributed by atoms with Crippen molar-refractivity contribution in [3.8, 4) is 0 Å². The van der Waals surface area contributed by atoms with E-state index in [1.807, 2.05) is 13.0 Å². The predicted octanol–water partition coefficient (Wildman–Crippen LogP) is 5.70. The van der Waals surface area contributed by atoms with E-state index in [0.717, 1.165) is 11.8 Å². The first kappa shape index (κ1) is 15.5.